The van der Waals surface area contributed by atoms with Gasteiger partial charge in [0.25, 0.3) is 0 Å². The number of carbonyl (C=O) groups excluding carboxylic acids is 2. The molecule has 0 unspecified atom stereocenters. The Kier molecular flexibility index (Phi) is 7.80. The van der Waals surface area contributed by atoms with Crippen molar-refractivity contribution in [3.8, 4) is 33.4 Å². The van der Waals surface area contributed by atoms with Crippen LogP contribution in [0.5, 0.6) is 0 Å². The zero-order valence-corrected chi connectivity index (χ0v) is 33.1. The van der Waals surface area contributed by atoms with Crippen LogP contribution in [0.4, 0.5) is 5.69 Å². The highest BCUT2D eigenvalue weighted by atomic mass is 16.2. The molecule has 2 aliphatic carbocycles. The minimum absolute atomic E-state index is 0.139. The van der Waals surface area contributed by atoms with E-state index >= 15 is 0 Å². The van der Waals surface area contributed by atoms with Gasteiger partial charge in [0.05, 0.1) is 5.69 Å². The minimum atomic E-state index is -0.501. The van der Waals surface area contributed by atoms with Gasteiger partial charge in [-0.15, -0.1) is 0 Å². The maximum Gasteiger partial charge on any atom is 0.234 e. The van der Waals surface area contributed by atoms with Crippen molar-refractivity contribution >= 4 is 55.3 Å². The molecule has 9 aromatic rings. The van der Waals surface area contributed by atoms with E-state index in [1.165, 1.54) is 27.6 Å². The van der Waals surface area contributed by atoms with Crippen molar-refractivity contribution in [2.45, 2.75) is 32.6 Å². The van der Waals surface area contributed by atoms with E-state index in [0.717, 1.165) is 71.6 Å². The van der Waals surface area contributed by atoms with Gasteiger partial charge in [-0.3, -0.25) is 14.6 Å². The second-order valence-electron chi connectivity index (χ2n) is 16.5. The number of fused-ring (bicyclic) bond motifs is 8. The zero-order valence-electron chi connectivity index (χ0n) is 33.1. The first-order valence-corrected chi connectivity index (χ1v) is 20.3. The van der Waals surface area contributed by atoms with Gasteiger partial charge >= 0.3 is 0 Å². The highest BCUT2D eigenvalue weighted by molar-refractivity contribution is 6.51. The number of ketones is 2. The van der Waals surface area contributed by atoms with E-state index in [0.29, 0.717) is 23.2 Å². The third kappa shape index (κ3) is 5.31. The summed E-state index contributed by atoms with van der Waals surface area (Å²) in [4.78, 5) is 34.3. The van der Waals surface area contributed by atoms with E-state index in [9.17, 15) is 9.59 Å². The summed E-state index contributed by atoms with van der Waals surface area (Å²) in [6, 6.07) is 59.0. The third-order valence-electron chi connectivity index (χ3n) is 12.9. The Morgan fingerprint density at radius 1 is 0.492 bits per heavy atom. The fraction of sp³-hybridized carbons (Fsp3) is 0.0893. The summed E-state index contributed by atoms with van der Waals surface area (Å²) in [5, 5.41) is 6.59. The van der Waals surface area contributed by atoms with Crippen molar-refractivity contribution in [1.29, 1.82) is 0 Å². The lowest BCUT2D eigenvalue weighted by molar-refractivity contribution is 0.0818. The molecule has 3 heteroatoms. The van der Waals surface area contributed by atoms with E-state index < -0.39 is 11.6 Å². The first kappa shape index (κ1) is 35.0. The van der Waals surface area contributed by atoms with Crippen LogP contribution in [0.1, 0.15) is 69.3 Å². The Morgan fingerprint density at radius 3 is 1.86 bits per heavy atom. The Bertz CT molecular complexity index is 3270. The lowest BCUT2D eigenvalue weighted by atomic mass is 9.80. The molecule has 0 atom stereocenters. The van der Waals surface area contributed by atoms with Crippen LogP contribution in [-0.4, -0.2) is 17.3 Å². The van der Waals surface area contributed by atoms with Gasteiger partial charge in [0.2, 0.25) is 11.6 Å². The number of carbonyl (C=O) groups is 2. The number of nitrogens with zero attached hydrogens (tertiary/aromatic N) is 1. The molecule has 0 heterocycles. The Labute approximate surface area is 343 Å². The quantitative estimate of drug-likeness (QED) is 0.102. The molecule has 0 radical (unpaired) electrons. The molecule has 3 nitrogen and oxygen atoms in total. The maximum atomic E-state index is 14.7. The molecular formula is C56H39NO2. The van der Waals surface area contributed by atoms with Gasteiger partial charge in [0.15, 0.2) is 0 Å². The molecule has 0 N–H and O–H groups in total. The number of aliphatic imine (C=N–C) groups is 1. The van der Waals surface area contributed by atoms with Gasteiger partial charge in [0, 0.05) is 28.7 Å². The van der Waals surface area contributed by atoms with Crippen molar-refractivity contribution in [3.05, 3.63) is 209 Å². The molecular weight excluding hydrogens is 719 g/mol. The Balaban J connectivity index is 1.08. The third-order valence-corrected chi connectivity index (χ3v) is 12.9. The van der Waals surface area contributed by atoms with Gasteiger partial charge in [-0.2, -0.15) is 0 Å². The first-order chi connectivity index (χ1) is 28.8. The summed E-state index contributed by atoms with van der Waals surface area (Å²) in [6.07, 6.45) is 0.405. The second-order valence-corrected chi connectivity index (χ2v) is 16.5. The molecule has 0 aliphatic heterocycles. The number of benzene rings is 9. The lowest BCUT2D eigenvalue weighted by Gasteiger charge is -2.23. The molecule has 11 rings (SSSR count). The van der Waals surface area contributed by atoms with Gasteiger partial charge in [-0.25, -0.2) is 0 Å². The zero-order chi connectivity index (χ0) is 40.0. The van der Waals surface area contributed by atoms with Crippen LogP contribution in [0.15, 0.2) is 175 Å². The molecule has 2 aliphatic rings. The standard InChI is InChI=1S/C56H39NO2/c1-33(35-27-26-34-14-4-5-15-36(34)30-35)57-50-25-13-22-45-47(50)31-37-16-12-23-46(52(37)55(59)54(45)58)53-43-20-8-6-18-41(43)51(42-19-7-9-21-44(42)53)38-28-29-40-39-17-10-11-24-48(39)56(2,3)49(40)32-38/h4-30,32H,31H2,1-3H3/b57-33+. The van der Waals surface area contributed by atoms with Crippen LogP contribution >= 0.6 is 0 Å². The molecule has 9 aromatic carbocycles. The van der Waals surface area contributed by atoms with Crippen LogP contribution in [0.2, 0.25) is 0 Å². The molecule has 59 heavy (non-hydrogen) atoms. The largest absolute Gasteiger partial charge is 0.285 e. The van der Waals surface area contributed by atoms with Crippen molar-refractivity contribution in [2.24, 2.45) is 4.99 Å². The fourth-order valence-electron chi connectivity index (χ4n) is 9.98. The summed E-state index contributed by atoms with van der Waals surface area (Å²) < 4.78 is 0. The van der Waals surface area contributed by atoms with Crippen LogP contribution in [0.3, 0.4) is 0 Å². The number of hydrogen-bond donors (Lipinski definition) is 0. The average molecular weight is 758 g/mol. The summed E-state index contributed by atoms with van der Waals surface area (Å²) in [5.41, 5.74) is 14.2. The molecule has 0 fully saturated rings. The van der Waals surface area contributed by atoms with Crippen molar-refractivity contribution in [3.63, 3.8) is 0 Å². The maximum absolute atomic E-state index is 14.7. The molecule has 0 amide bonds. The van der Waals surface area contributed by atoms with E-state index in [1.54, 1.807) is 6.07 Å². The summed E-state index contributed by atoms with van der Waals surface area (Å²) in [6.45, 7) is 6.64. The van der Waals surface area contributed by atoms with Crippen LogP contribution in [-0.2, 0) is 11.8 Å². The highest BCUT2D eigenvalue weighted by Gasteiger charge is 2.36. The summed E-state index contributed by atoms with van der Waals surface area (Å²) in [7, 11) is 0. The molecule has 280 valence electrons. The summed E-state index contributed by atoms with van der Waals surface area (Å²) >= 11 is 0. The first-order valence-electron chi connectivity index (χ1n) is 20.3. The van der Waals surface area contributed by atoms with Crippen molar-refractivity contribution in [1.82, 2.24) is 0 Å². The predicted octanol–water partition coefficient (Wildman–Crippen LogP) is 13.9. The van der Waals surface area contributed by atoms with Crippen molar-refractivity contribution < 1.29 is 9.59 Å². The number of hydrogen-bond acceptors (Lipinski definition) is 3. The topological polar surface area (TPSA) is 46.5 Å². The number of rotatable bonds is 4. The smallest absolute Gasteiger partial charge is 0.234 e. The average Bonchev–Trinajstić information content (AvgIpc) is 3.43. The van der Waals surface area contributed by atoms with Gasteiger partial charge in [-0.1, -0.05) is 166 Å². The SMILES string of the molecule is C/C(=N\c1cccc2c1Cc1cccc(-c3c4ccccc4c(-c4ccc5c(c4)C(C)(C)c4ccccc4-5)c4ccccc34)c1C(=O)C2=O)c1ccc2ccccc2c1. The molecule has 0 saturated heterocycles. The summed E-state index contributed by atoms with van der Waals surface area (Å²) in [5.74, 6) is -0.988. The molecule has 0 bridgehead atoms. The van der Waals surface area contributed by atoms with E-state index in [2.05, 4.69) is 135 Å². The minimum Gasteiger partial charge on any atom is -0.285 e. The van der Waals surface area contributed by atoms with Crippen molar-refractivity contribution in [2.75, 3.05) is 0 Å². The van der Waals surface area contributed by atoms with Gasteiger partial charge in [-0.05, 0) is 119 Å². The van der Waals surface area contributed by atoms with Crippen LogP contribution in [0, 0.1) is 0 Å². The normalized spacial score (nSPS) is 14.3. The molecule has 0 saturated carbocycles. The van der Waals surface area contributed by atoms with Gasteiger partial charge < -0.3 is 0 Å². The number of Topliss-reactive ketones (excluding diaryl/α,β-unsaturated/α-hetero) is 2. The lowest BCUT2D eigenvalue weighted by Crippen LogP contribution is -2.15. The van der Waals surface area contributed by atoms with E-state index in [1.807, 2.05) is 49.4 Å². The molecule has 0 aromatic heterocycles. The predicted molar refractivity (Wildman–Crippen MR) is 244 cm³/mol. The van der Waals surface area contributed by atoms with Gasteiger partial charge in [0.1, 0.15) is 0 Å². The fourth-order valence-corrected chi connectivity index (χ4v) is 9.98. The van der Waals surface area contributed by atoms with Crippen LogP contribution in [0.25, 0.3) is 65.7 Å². The van der Waals surface area contributed by atoms with Crippen LogP contribution < -0.4 is 0 Å². The molecule has 0 spiro atoms. The highest BCUT2D eigenvalue weighted by Crippen LogP contribution is 2.51. The van der Waals surface area contributed by atoms with E-state index in [-0.39, 0.29) is 5.41 Å². The van der Waals surface area contributed by atoms with E-state index in [4.69, 9.17) is 4.99 Å². The Hall–Kier alpha value is -7.23. The Morgan fingerprint density at radius 2 is 1.10 bits per heavy atom. The monoisotopic (exact) mass is 757 g/mol. The second kappa shape index (κ2) is 13.2.